The van der Waals surface area contributed by atoms with Crippen LogP contribution in [-0.2, 0) is 6.54 Å². The maximum atomic E-state index is 6.08. The van der Waals surface area contributed by atoms with Crippen LogP contribution in [-0.4, -0.2) is 4.57 Å². The number of fused-ring (bicyclic) bond motifs is 1. The monoisotopic (exact) mass is 206 g/mol. The van der Waals surface area contributed by atoms with Gasteiger partial charge in [0.25, 0.3) is 0 Å². The number of nitrogens with zero attached hydrogens (tertiary/aromatic N) is 1. The Morgan fingerprint density at radius 2 is 2.29 bits per heavy atom. The zero-order valence-electron chi connectivity index (χ0n) is 7.70. The summed E-state index contributed by atoms with van der Waals surface area (Å²) in [6.45, 7) is 4.44. The molecule has 72 valence electrons. The Kier molecular flexibility index (Phi) is 2.22. The van der Waals surface area contributed by atoms with E-state index in [1.54, 1.807) is 0 Å². The summed E-state index contributed by atoms with van der Waals surface area (Å²) in [4.78, 5) is 0. The molecule has 0 aliphatic carbocycles. The third kappa shape index (κ3) is 1.28. The lowest BCUT2D eigenvalue weighted by atomic mass is 10.2. The third-order valence-corrected chi connectivity index (χ3v) is 2.50. The highest BCUT2D eigenvalue weighted by atomic mass is 35.5. The minimum absolute atomic E-state index is 0.694. The molecule has 1 heterocycles. The fourth-order valence-electron chi connectivity index (χ4n) is 1.62. The summed E-state index contributed by atoms with van der Waals surface area (Å²) in [5.41, 5.74) is 7.61. The Labute approximate surface area is 87.6 Å². The van der Waals surface area contributed by atoms with Crippen molar-refractivity contribution in [1.29, 1.82) is 0 Å². The van der Waals surface area contributed by atoms with Crippen molar-refractivity contribution in [1.82, 2.24) is 4.57 Å². The number of nitrogen functional groups attached to an aromatic ring is 1. The van der Waals surface area contributed by atoms with E-state index in [2.05, 4.69) is 6.58 Å². The second kappa shape index (κ2) is 3.39. The van der Waals surface area contributed by atoms with Gasteiger partial charge in [-0.2, -0.15) is 0 Å². The van der Waals surface area contributed by atoms with Crippen molar-refractivity contribution < 1.29 is 0 Å². The van der Waals surface area contributed by atoms with E-state index in [1.807, 2.05) is 35.0 Å². The highest BCUT2D eigenvalue weighted by Crippen LogP contribution is 2.30. The Morgan fingerprint density at radius 3 is 3.00 bits per heavy atom. The molecule has 0 saturated heterocycles. The van der Waals surface area contributed by atoms with Gasteiger partial charge in [-0.15, -0.1) is 6.58 Å². The molecule has 0 spiro atoms. The van der Waals surface area contributed by atoms with E-state index in [1.165, 1.54) is 0 Å². The first-order chi connectivity index (χ1) is 6.74. The van der Waals surface area contributed by atoms with Crippen molar-refractivity contribution in [3.63, 3.8) is 0 Å². The first kappa shape index (κ1) is 9.16. The number of aromatic nitrogens is 1. The van der Waals surface area contributed by atoms with Crippen LogP contribution in [0.15, 0.2) is 37.1 Å². The van der Waals surface area contributed by atoms with Crippen molar-refractivity contribution in [2.45, 2.75) is 6.54 Å². The van der Waals surface area contributed by atoms with E-state index in [-0.39, 0.29) is 0 Å². The molecule has 0 radical (unpaired) electrons. The van der Waals surface area contributed by atoms with Gasteiger partial charge in [0.15, 0.2) is 0 Å². The summed E-state index contributed by atoms with van der Waals surface area (Å²) in [6, 6.07) is 5.78. The molecule has 2 N–H and O–H groups in total. The summed E-state index contributed by atoms with van der Waals surface area (Å²) in [7, 11) is 0. The molecule has 2 aromatic rings. The quantitative estimate of drug-likeness (QED) is 0.594. The van der Waals surface area contributed by atoms with Crippen LogP contribution in [0.3, 0.4) is 0 Å². The molecule has 1 aromatic heterocycles. The SMILES string of the molecule is C=CCn1cc(Cl)c2c(N)cccc21. The molecule has 3 heteroatoms. The normalized spacial score (nSPS) is 10.6. The van der Waals surface area contributed by atoms with Crippen molar-refractivity contribution in [2.75, 3.05) is 5.73 Å². The van der Waals surface area contributed by atoms with Gasteiger partial charge in [0.2, 0.25) is 0 Å². The van der Waals surface area contributed by atoms with Crippen molar-refractivity contribution in [3.05, 3.63) is 42.1 Å². The molecule has 14 heavy (non-hydrogen) atoms. The molecule has 0 bridgehead atoms. The van der Waals surface area contributed by atoms with Crippen LogP contribution in [0.2, 0.25) is 5.02 Å². The van der Waals surface area contributed by atoms with Crippen LogP contribution in [0.5, 0.6) is 0 Å². The number of allylic oxidation sites excluding steroid dienone is 1. The van der Waals surface area contributed by atoms with Gasteiger partial charge in [0.1, 0.15) is 0 Å². The molecule has 0 unspecified atom stereocenters. The Morgan fingerprint density at radius 1 is 1.50 bits per heavy atom. The standard InChI is InChI=1S/C11H11ClN2/c1-2-6-14-7-8(12)11-9(13)4-3-5-10(11)14/h2-5,7H,1,6,13H2. The van der Waals surface area contributed by atoms with E-state index in [0.29, 0.717) is 5.02 Å². The lowest BCUT2D eigenvalue weighted by Gasteiger charge is -2.01. The Bertz CT molecular complexity index is 485. The van der Waals surface area contributed by atoms with Gasteiger partial charge >= 0.3 is 0 Å². The predicted octanol–water partition coefficient (Wildman–Crippen LogP) is 3.06. The first-order valence-corrected chi connectivity index (χ1v) is 4.75. The largest absolute Gasteiger partial charge is 0.398 e. The summed E-state index contributed by atoms with van der Waals surface area (Å²) in [5, 5.41) is 1.62. The molecular formula is C11H11ClN2. The zero-order valence-corrected chi connectivity index (χ0v) is 8.46. The van der Waals surface area contributed by atoms with E-state index >= 15 is 0 Å². The topological polar surface area (TPSA) is 30.9 Å². The van der Waals surface area contributed by atoms with Crippen LogP contribution >= 0.6 is 11.6 Å². The molecule has 0 amide bonds. The number of benzene rings is 1. The van der Waals surface area contributed by atoms with Gasteiger partial charge in [-0.25, -0.2) is 0 Å². The molecule has 0 aliphatic rings. The van der Waals surface area contributed by atoms with Crippen molar-refractivity contribution in [2.24, 2.45) is 0 Å². The van der Waals surface area contributed by atoms with Gasteiger partial charge < -0.3 is 10.3 Å². The number of halogens is 1. The maximum Gasteiger partial charge on any atom is 0.0682 e. The average molecular weight is 207 g/mol. The fraction of sp³-hybridized carbons (Fsp3) is 0.0909. The fourth-order valence-corrected chi connectivity index (χ4v) is 1.94. The van der Waals surface area contributed by atoms with Crippen LogP contribution in [0.1, 0.15) is 0 Å². The van der Waals surface area contributed by atoms with Crippen LogP contribution in [0, 0.1) is 0 Å². The molecule has 2 nitrogen and oxygen atoms in total. The highest BCUT2D eigenvalue weighted by molar-refractivity contribution is 6.36. The molecule has 0 fully saturated rings. The smallest absolute Gasteiger partial charge is 0.0682 e. The minimum Gasteiger partial charge on any atom is -0.398 e. The number of hydrogen-bond acceptors (Lipinski definition) is 1. The van der Waals surface area contributed by atoms with Crippen molar-refractivity contribution in [3.8, 4) is 0 Å². The zero-order chi connectivity index (χ0) is 10.1. The van der Waals surface area contributed by atoms with Crippen molar-refractivity contribution >= 4 is 28.2 Å². The summed E-state index contributed by atoms with van der Waals surface area (Å²) in [5.74, 6) is 0. The number of anilines is 1. The Hall–Kier alpha value is -1.41. The second-order valence-corrected chi connectivity index (χ2v) is 3.57. The minimum atomic E-state index is 0.694. The molecule has 2 rings (SSSR count). The van der Waals surface area contributed by atoms with Gasteiger partial charge in [-0.05, 0) is 12.1 Å². The molecule has 0 saturated carbocycles. The second-order valence-electron chi connectivity index (χ2n) is 3.16. The molecule has 1 aromatic carbocycles. The lowest BCUT2D eigenvalue weighted by Crippen LogP contribution is -1.92. The Balaban J connectivity index is 2.77. The summed E-state index contributed by atoms with van der Waals surface area (Å²) < 4.78 is 2.03. The number of nitrogens with two attached hydrogens (primary N) is 1. The maximum absolute atomic E-state index is 6.08. The predicted molar refractivity (Wildman–Crippen MR) is 61.6 cm³/mol. The molecule has 0 atom stereocenters. The van der Waals surface area contributed by atoms with Crippen LogP contribution in [0.4, 0.5) is 5.69 Å². The summed E-state index contributed by atoms with van der Waals surface area (Å²) in [6.07, 6.45) is 3.71. The van der Waals surface area contributed by atoms with Gasteiger partial charge in [-0.3, -0.25) is 0 Å². The number of rotatable bonds is 2. The number of hydrogen-bond donors (Lipinski definition) is 1. The summed E-state index contributed by atoms with van der Waals surface area (Å²) >= 11 is 6.08. The lowest BCUT2D eigenvalue weighted by molar-refractivity contribution is 0.866. The van der Waals surface area contributed by atoms with Crippen LogP contribution in [0.25, 0.3) is 10.9 Å². The molecule has 0 aliphatic heterocycles. The van der Waals surface area contributed by atoms with Crippen LogP contribution < -0.4 is 5.73 Å². The highest BCUT2D eigenvalue weighted by Gasteiger charge is 2.07. The van der Waals surface area contributed by atoms with E-state index in [0.717, 1.165) is 23.1 Å². The third-order valence-electron chi connectivity index (χ3n) is 2.22. The van der Waals surface area contributed by atoms with E-state index in [9.17, 15) is 0 Å². The van der Waals surface area contributed by atoms with Gasteiger partial charge in [-0.1, -0.05) is 23.7 Å². The first-order valence-electron chi connectivity index (χ1n) is 4.37. The van der Waals surface area contributed by atoms with E-state index in [4.69, 9.17) is 17.3 Å². The molecular weight excluding hydrogens is 196 g/mol. The average Bonchev–Trinajstić information content (AvgIpc) is 2.46. The van der Waals surface area contributed by atoms with E-state index < -0.39 is 0 Å². The van der Waals surface area contributed by atoms with Gasteiger partial charge in [0.05, 0.1) is 10.5 Å². The van der Waals surface area contributed by atoms with Gasteiger partial charge in [0, 0.05) is 23.8 Å².